The number of non-ortho nitro benzene ring substituents is 1. The van der Waals surface area contributed by atoms with Crippen LogP contribution in [0.2, 0.25) is 0 Å². The fraction of sp³-hybridized carbons (Fsp3) is 0.304. The molecule has 1 N–H and O–H groups in total. The van der Waals surface area contributed by atoms with E-state index >= 15 is 0 Å². The fourth-order valence-corrected chi connectivity index (χ4v) is 3.87. The summed E-state index contributed by atoms with van der Waals surface area (Å²) in [6.45, 7) is 9.18. The molecular weight excluding hydrogens is 440 g/mol. The molecule has 3 aromatic rings. The molecule has 0 unspecified atom stereocenters. The lowest BCUT2D eigenvalue weighted by Gasteiger charge is -2.19. The Morgan fingerprint density at radius 2 is 1.94 bits per heavy atom. The summed E-state index contributed by atoms with van der Waals surface area (Å²) in [7, 11) is 0. The van der Waals surface area contributed by atoms with Gasteiger partial charge in [-0.05, 0) is 17.9 Å². The number of thioether (sulfide) groups is 1. The smallest absolute Gasteiger partial charge is 0.270 e. The Hall–Kier alpha value is -3.53. The van der Waals surface area contributed by atoms with Gasteiger partial charge in [-0.2, -0.15) is 5.10 Å². The van der Waals surface area contributed by atoms with Gasteiger partial charge in [0.15, 0.2) is 11.0 Å². The Labute approximate surface area is 196 Å². The van der Waals surface area contributed by atoms with Gasteiger partial charge in [-0.15, -0.1) is 10.2 Å². The van der Waals surface area contributed by atoms with E-state index in [1.807, 2.05) is 23.6 Å². The summed E-state index contributed by atoms with van der Waals surface area (Å²) in [6, 6.07) is 14.3. The van der Waals surface area contributed by atoms with Crippen LogP contribution < -0.4 is 5.43 Å². The quantitative estimate of drug-likeness (QED) is 0.227. The molecule has 0 fully saturated rings. The second-order valence-corrected chi connectivity index (χ2v) is 9.25. The molecule has 3 rings (SSSR count). The molecule has 10 heteroatoms. The summed E-state index contributed by atoms with van der Waals surface area (Å²) >= 11 is 1.27. The maximum absolute atomic E-state index is 12.2. The number of hydrogen-bond acceptors (Lipinski definition) is 7. The Balaban J connectivity index is 1.61. The number of hydrogen-bond donors (Lipinski definition) is 1. The van der Waals surface area contributed by atoms with Crippen molar-refractivity contribution in [1.82, 2.24) is 20.2 Å². The predicted octanol–water partition coefficient (Wildman–Crippen LogP) is 4.41. The zero-order valence-electron chi connectivity index (χ0n) is 19.0. The van der Waals surface area contributed by atoms with Gasteiger partial charge in [0.25, 0.3) is 11.6 Å². The minimum Gasteiger partial charge on any atom is -0.302 e. The van der Waals surface area contributed by atoms with E-state index in [1.54, 1.807) is 12.1 Å². The van der Waals surface area contributed by atoms with Gasteiger partial charge < -0.3 is 4.57 Å². The van der Waals surface area contributed by atoms with Crippen molar-refractivity contribution in [3.05, 3.63) is 69.8 Å². The second-order valence-electron chi connectivity index (χ2n) is 8.31. The van der Waals surface area contributed by atoms with Crippen molar-refractivity contribution in [2.45, 2.75) is 44.8 Å². The maximum Gasteiger partial charge on any atom is 0.270 e. The van der Waals surface area contributed by atoms with Gasteiger partial charge in [0.1, 0.15) is 0 Å². The van der Waals surface area contributed by atoms with Crippen molar-refractivity contribution < 1.29 is 9.72 Å². The summed E-state index contributed by atoms with van der Waals surface area (Å²) in [5, 5.41) is 23.9. The molecular formula is C23H26N6O3S. The first-order chi connectivity index (χ1) is 15.7. The fourth-order valence-electron chi connectivity index (χ4n) is 3.07. The number of carbonyl (C=O) groups is 1. The highest BCUT2D eigenvalue weighted by Gasteiger charge is 2.17. The molecule has 2 aromatic carbocycles. The number of rotatable bonds is 8. The van der Waals surface area contributed by atoms with Gasteiger partial charge in [0.05, 0.1) is 16.9 Å². The van der Waals surface area contributed by atoms with E-state index in [0.29, 0.717) is 17.3 Å². The average Bonchev–Trinajstić information content (AvgIpc) is 3.20. The largest absolute Gasteiger partial charge is 0.302 e. The van der Waals surface area contributed by atoms with Crippen LogP contribution in [0.1, 0.15) is 38.8 Å². The van der Waals surface area contributed by atoms with Crippen molar-refractivity contribution in [1.29, 1.82) is 0 Å². The van der Waals surface area contributed by atoms with Crippen LogP contribution in [-0.2, 0) is 16.8 Å². The van der Waals surface area contributed by atoms with Gasteiger partial charge >= 0.3 is 0 Å². The van der Waals surface area contributed by atoms with Crippen LogP contribution in [0, 0.1) is 10.1 Å². The highest BCUT2D eigenvalue weighted by molar-refractivity contribution is 7.99. The zero-order chi connectivity index (χ0) is 24.0. The van der Waals surface area contributed by atoms with E-state index in [4.69, 9.17) is 0 Å². The monoisotopic (exact) mass is 466 g/mol. The standard InChI is InChI=1S/C23H26N6O3S/c1-5-28-21(17-9-11-18(12-10-17)23(2,3)4)26-27-22(28)33-15-20(30)25-24-14-16-7-6-8-19(13-16)29(31)32/h6-14H,5,15H2,1-4H3,(H,25,30). The number of nitrogens with one attached hydrogen (secondary N) is 1. The zero-order valence-corrected chi connectivity index (χ0v) is 19.8. The molecule has 1 heterocycles. The van der Waals surface area contributed by atoms with E-state index in [9.17, 15) is 14.9 Å². The molecule has 0 saturated carbocycles. The Morgan fingerprint density at radius 3 is 2.58 bits per heavy atom. The van der Waals surface area contributed by atoms with E-state index in [1.165, 1.54) is 35.7 Å². The van der Waals surface area contributed by atoms with Crippen molar-refractivity contribution in [2.24, 2.45) is 5.10 Å². The molecule has 9 nitrogen and oxygen atoms in total. The molecule has 0 aliphatic carbocycles. The lowest BCUT2D eigenvalue weighted by atomic mass is 9.87. The normalized spacial score (nSPS) is 11.6. The number of aromatic nitrogens is 3. The number of benzene rings is 2. The number of nitro benzene ring substituents is 1. The lowest BCUT2D eigenvalue weighted by Crippen LogP contribution is -2.20. The Kier molecular flexibility index (Phi) is 7.59. The molecule has 0 radical (unpaired) electrons. The molecule has 0 bridgehead atoms. The first-order valence-electron chi connectivity index (χ1n) is 10.4. The van der Waals surface area contributed by atoms with E-state index < -0.39 is 4.92 Å². The van der Waals surface area contributed by atoms with Gasteiger partial charge in [-0.1, -0.05) is 68.9 Å². The van der Waals surface area contributed by atoms with Crippen molar-refractivity contribution in [3.63, 3.8) is 0 Å². The second kappa shape index (κ2) is 10.4. The Bertz CT molecular complexity index is 1170. The van der Waals surface area contributed by atoms with Gasteiger partial charge in [0.2, 0.25) is 0 Å². The number of nitro groups is 1. The van der Waals surface area contributed by atoms with Crippen LogP contribution in [0.4, 0.5) is 5.69 Å². The van der Waals surface area contributed by atoms with Gasteiger partial charge in [-0.3, -0.25) is 14.9 Å². The van der Waals surface area contributed by atoms with Crippen molar-refractivity contribution in [3.8, 4) is 11.4 Å². The topological polar surface area (TPSA) is 115 Å². The van der Waals surface area contributed by atoms with Crippen LogP contribution in [0.15, 0.2) is 58.8 Å². The third kappa shape index (κ3) is 6.26. The minimum absolute atomic E-state index is 0.0383. The van der Waals surface area contributed by atoms with Crippen molar-refractivity contribution in [2.75, 3.05) is 5.75 Å². The Morgan fingerprint density at radius 1 is 1.21 bits per heavy atom. The SMILES string of the molecule is CCn1c(SCC(=O)NN=Cc2cccc([N+](=O)[O-])c2)nnc1-c1ccc(C(C)(C)C)cc1. The number of carbonyl (C=O) groups excluding carboxylic acids is 1. The van der Waals surface area contributed by atoms with Crippen LogP contribution in [0.25, 0.3) is 11.4 Å². The molecule has 1 aromatic heterocycles. The third-order valence-electron chi connectivity index (χ3n) is 4.86. The summed E-state index contributed by atoms with van der Waals surface area (Å²) in [4.78, 5) is 22.5. The molecule has 0 aliphatic rings. The van der Waals surface area contributed by atoms with Crippen LogP contribution in [-0.4, -0.2) is 37.6 Å². The number of nitrogens with zero attached hydrogens (tertiary/aromatic N) is 5. The summed E-state index contributed by atoms with van der Waals surface area (Å²) in [6.07, 6.45) is 1.36. The molecule has 33 heavy (non-hydrogen) atoms. The van der Waals surface area contributed by atoms with Gasteiger partial charge in [0, 0.05) is 29.8 Å². The van der Waals surface area contributed by atoms with E-state index in [2.05, 4.69) is 53.6 Å². The van der Waals surface area contributed by atoms with Crippen LogP contribution in [0.5, 0.6) is 0 Å². The van der Waals surface area contributed by atoms with E-state index in [-0.39, 0.29) is 22.8 Å². The summed E-state index contributed by atoms with van der Waals surface area (Å²) < 4.78 is 1.97. The molecule has 0 spiro atoms. The highest BCUT2D eigenvalue weighted by Crippen LogP contribution is 2.27. The third-order valence-corrected chi connectivity index (χ3v) is 5.83. The highest BCUT2D eigenvalue weighted by atomic mass is 32.2. The minimum atomic E-state index is -0.483. The predicted molar refractivity (Wildman–Crippen MR) is 129 cm³/mol. The summed E-state index contributed by atoms with van der Waals surface area (Å²) in [5.74, 6) is 0.542. The molecule has 1 amide bonds. The number of hydrazone groups is 1. The molecule has 0 aliphatic heterocycles. The maximum atomic E-state index is 12.2. The van der Waals surface area contributed by atoms with Crippen LogP contribution >= 0.6 is 11.8 Å². The lowest BCUT2D eigenvalue weighted by molar-refractivity contribution is -0.384. The van der Waals surface area contributed by atoms with Gasteiger partial charge in [-0.25, -0.2) is 5.43 Å². The first kappa shape index (κ1) is 24.1. The molecule has 0 atom stereocenters. The number of amides is 1. The summed E-state index contributed by atoms with van der Waals surface area (Å²) in [5.41, 5.74) is 5.19. The average molecular weight is 467 g/mol. The van der Waals surface area contributed by atoms with Crippen LogP contribution in [0.3, 0.4) is 0 Å². The first-order valence-corrected chi connectivity index (χ1v) is 11.4. The van der Waals surface area contributed by atoms with E-state index in [0.717, 1.165) is 11.4 Å². The molecule has 172 valence electrons. The van der Waals surface area contributed by atoms with Crippen molar-refractivity contribution >= 4 is 29.6 Å². The molecule has 0 saturated heterocycles.